The van der Waals surface area contributed by atoms with Crippen molar-refractivity contribution in [2.24, 2.45) is 5.10 Å². The topological polar surface area (TPSA) is 72.5 Å². The molecule has 0 bridgehead atoms. The van der Waals surface area contributed by atoms with Crippen LogP contribution in [0, 0.1) is 0 Å². The van der Waals surface area contributed by atoms with Crippen molar-refractivity contribution in [3.63, 3.8) is 0 Å². The number of halogens is 2. The van der Waals surface area contributed by atoms with Gasteiger partial charge in [-0.2, -0.15) is 5.10 Å². The number of nitrogens with two attached hydrogens (primary N) is 1. The van der Waals surface area contributed by atoms with Crippen LogP contribution in [0.15, 0.2) is 31.6 Å². The molecule has 0 spiro atoms. The van der Waals surface area contributed by atoms with Crippen LogP contribution in [-0.2, 0) is 0 Å². The Hall–Kier alpha value is -1.12. The van der Waals surface area contributed by atoms with E-state index in [-0.39, 0.29) is 6.10 Å². The summed E-state index contributed by atoms with van der Waals surface area (Å²) in [5, 5.41) is 6.56. The zero-order valence-corrected chi connectivity index (χ0v) is 15.4. The highest BCUT2D eigenvalue weighted by Gasteiger charge is 2.10. The van der Waals surface area contributed by atoms with Gasteiger partial charge in [-0.05, 0) is 41.9 Å². The van der Waals surface area contributed by atoms with Crippen LogP contribution < -0.4 is 15.9 Å². The van der Waals surface area contributed by atoms with Crippen LogP contribution in [0.2, 0.25) is 0 Å². The van der Waals surface area contributed by atoms with E-state index in [0.29, 0.717) is 10.9 Å². The summed E-state index contributed by atoms with van der Waals surface area (Å²) in [6.07, 6.45) is 1.76. The van der Waals surface area contributed by atoms with Crippen molar-refractivity contribution in [3.05, 3.63) is 32.0 Å². The highest BCUT2D eigenvalue weighted by Crippen LogP contribution is 2.32. The van der Waals surface area contributed by atoms with Gasteiger partial charge in [0.1, 0.15) is 11.6 Å². The van der Waals surface area contributed by atoms with Gasteiger partial charge in [0.05, 0.1) is 16.8 Å². The SMILES string of the molecule is CC(C)Oc1c(Br)cc(Br)cc1C=NNc1nc(N)cs1. The molecule has 0 amide bonds. The maximum Gasteiger partial charge on any atom is 0.205 e. The molecule has 0 saturated carbocycles. The predicted octanol–water partition coefficient (Wildman–Crippen LogP) is 4.48. The first-order valence-corrected chi connectivity index (χ1v) is 8.58. The van der Waals surface area contributed by atoms with Gasteiger partial charge < -0.3 is 10.5 Å². The van der Waals surface area contributed by atoms with Crippen LogP contribution in [0.3, 0.4) is 0 Å². The number of rotatable bonds is 5. The molecule has 0 saturated heterocycles. The fraction of sp³-hybridized carbons (Fsp3) is 0.231. The Balaban J connectivity index is 2.21. The molecule has 8 heteroatoms. The van der Waals surface area contributed by atoms with Crippen molar-refractivity contribution >= 4 is 60.4 Å². The molecule has 0 radical (unpaired) electrons. The predicted molar refractivity (Wildman–Crippen MR) is 95.3 cm³/mol. The van der Waals surface area contributed by atoms with Gasteiger partial charge in [0.15, 0.2) is 0 Å². The van der Waals surface area contributed by atoms with E-state index in [2.05, 4.69) is 47.4 Å². The number of aromatic nitrogens is 1. The molecule has 1 aromatic carbocycles. The maximum atomic E-state index is 5.82. The molecule has 0 aliphatic heterocycles. The Bertz CT molecular complexity index is 658. The van der Waals surface area contributed by atoms with Gasteiger partial charge in [-0.1, -0.05) is 15.9 Å². The van der Waals surface area contributed by atoms with Gasteiger partial charge in [0.25, 0.3) is 0 Å². The van der Waals surface area contributed by atoms with E-state index < -0.39 is 0 Å². The van der Waals surface area contributed by atoms with E-state index in [0.717, 1.165) is 20.3 Å². The van der Waals surface area contributed by atoms with Crippen molar-refractivity contribution in [3.8, 4) is 5.75 Å². The molecule has 0 fully saturated rings. The molecular formula is C13H14Br2N4OS. The van der Waals surface area contributed by atoms with E-state index in [1.807, 2.05) is 26.0 Å². The minimum absolute atomic E-state index is 0.0707. The van der Waals surface area contributed by atoms with Crippen LogP contribution >= 0.6 is 43.2 Å². The second kappa shape index (κ2) is 7.24. The lowest BCUT2D eigenvalue weighted by atomic mass is 10.2. The fourth-order valence-electron chi connectivity index (χ4n) is 1.53. The van der Waals surface area contributed by atoms with E-state index in [1.165, 1.54) is 11.3 Å². The van der Waals surface area contributed by atoms with Gasteiger partial charge in [-0.3, -0.25) is 5.43 Å². The molecule has 1 heterocycles. The number of hydrazone groups is 1. The van der Waals surface area contributed by atoms with Crippen LogP contribution in [-0.4, -0.2) is 17.3 Å². The first kappa shape index (κ1) is 16.3. The monoisotopic (exact) mass is 432 g/mol. The molecule has 1 aromatic heterocycles. The van der Waals surface area contributed by atoms with E-state index in [1.54, 1.807) is 11.6 Å². The zero-order valence-electron chi connectivity index (χ0n) is 11.4. The van der Waals surface area contributed by atoms with Crippen molar-refractivity contribution in [2.45, 2.75) is 20.0 Å². The number of ether oxygens (including phenoxy) is 1. The minimum Gasteiger partial charge on any atom is -0.489 e. The van der Waals surface area contributed by atoms with Gasteiger partial charge in [-0.25, -0.2) is 4.98 Å². The normalized spacial score (nSPS) is 11.3. The van der Waals surface area contributed by atoms with Gasteiger partial charge in [0, 0.05) is 15.4 Å². The standard InChI is InChI=1S/C13H14Br2N4OS/c1-7(2)20-12-8(3-9(14)4-10(12)15)5-17-19-13-18-11(16)6-21-13/h3-7H,16H2,1-2H3,(H,18,19). The second-order valence-corrected chi connectivity index (χ2v) is 7.05. The molecule has 2 aromatic rings. The minimum atomic E-state index is 0.0707. The van der Waals surface area contributed by atoms with Crippen molar-refractivity contribution in [2.75, 3.05) is 11.2 Å². The van der Waals surface area contributed by atoms with Crippen LogP contribution in [0.25, 0.3) is 0 Å². The summed E-state index contributed by atoms with van der Waals surface area (Å²) in [7, 11) is 0. The molecule has 0 aliphatic carbocycles. The van der Waals surface area contributed by atoms with Crippen LogP contribution in [0.1, 0.15) is 19.4 Å². The lowest BCUT2D eigenvalue weighted by Crippen LogP contribution is -2.08. The van der Waals surface area contributed by atoms with E-state index in [4.69, 9.17) is 10.5 Å². The molecule has 2 rings (SSSR count). The number of anilines is 2. The Kier molecular flexibility index (Phi) is 5.60. The molecule has 0 aliphatic rings. The summed E-state index contributed by atoms with van der Waals surface area (Å²) in [6.45, 7) is 3.96. The van der Waals surface area contributed by atoms with Crippen LogP contribution in [0.5, 0.6) is 5.75 Å². The number of hydrogen-bond donors (Lipinski definition) is 2. The Morgan fingerprint density at radius 3 is 2.81 bits per heavy atom. The third kappa shape index (κ3) is 4.69. The summed E-state index contributed by atoms with van der Waals surface area (Å²) >= 11 is 8.36. The number of nitrogens with one attached hydrogen (secondary N) is 1. The maximum absolute atomic E-state index is 5.82. The lowest BCUT2D eigenvalue weighted by Gasteiger charge is -2.14. The van der Waals surface area contributed by atoms with Gasteiger partial charge in [-0.15, -0.1) is 11.3 Å². The summed E-state index contributed by atoms with van der Waals surface area (Å²) in [4.78, 5) is 4.07. The highest BCUT2D eigenvalue weighted by atomic mass is 79.9. The molecule has 0 atom stereocenters. The van der Waals surface area contributed by atoms with Crippen LogP contribution in [0.4, 0.5) is 10.9 Å². The number of nitrogens with zero attached hydrogens (tertiary/aromatic N) is 2. The zero-order chi connectivity index (χ0) is 15.4. The summed E-state index contributed by atoms with van der Waals surface area (Å²) in [5.41, 5.74) is 9.25. The van der Waals surface area contributed by atoms with E-state index >= 15 is 0 Å². The third-order valence-electron chi connectivity index (χ3n) is 2.28. The summed E-state index contributed by atoms with van der Waals surface area (Å²) in [5.74, 6) is 1.23. The fourth-order valence-corrected chi connectivity index (χ4v) is 3.43. The highest BCUT2D eigenvalue weighted by molar-refractivity contribution is 9.11. The Morgan fingerprint density at radius 2 is 2.19 bits per heavy atom. The number of hydrogen-bond acceptors (Lipinski definition) is 6. The first-order valence-electron chi connectivity index (χ1n) is 6.11. The molecule has 5 nitrogen and oxygen atoms in total. The number of benzene rings is 1. The molecule has 0 unspecified atom stereocenters. The summed E-state index contributed by atoms with van der Waals surface area (Å²) in [6, 6.07) is 3.87. The lowest BCUT2D eigenvalue weighted by molar-refractivity contribution is 0.240. The summed E-state index contributed by atoms with van der Waals surface area (Å²) < 4.78 is 7.62. The number of thiazole rings is 1. The smallest absolute Gasteiger partial charge is 0.205 e. The van der Waals surface area contributed by atoms with Crippen molar-refractivity contribution < 1.29 is 4.74 Å². The van der Waals surface area contributed by atoms with Gasteiger partial charge >= 0.3 is 0 Å². The third-order valence-corrected chi connectivity index (χ3v) is 4.09. The van der Waals surface area contributed by atoms with Crippen molar-refractivity contribution in [1.82, 2.24) is 4.98 Å². The largest absolute Gasteiger partial charge is 0.489 e. The van der Waals surface area contributed by atoms with Gasteiger partial charge in [0.2, 0.25) is 5.13 Å². The Labute approximate surface area is 143 Å². The Morgan fingerprint density at radius 1 is 1.43 bits per heavy atom. The molecule has 112 valence electrons. The van der Waals surface area contributed by atoms with E-state index in [9.17, 15) is 0 Å². The quantitative estimate of drug-likeness (QED) is 0.538. The second-order valence-electron chi connectivity index (χ2n) is 4.42. The molecule has 3 N–H and O–H groups in total. The molecule has 21 heavy (non-hydrogen) atoms. The number of nitrogen functional groups attached to an aromatic ring is 1. The first-order chi connectivity index (χ1) is 9.95. The average molecular weight is 434 g/mol. The average Bonchev–Trinajstić information content (AvgIpc) is 2.79. The molecular weight excluding hydrogens is 420 g/mol. The van der Waals surface area contributed by atoms with Crippen molar-refractivity contribution in [1.29, 1.82) is 0 Å².